The fourth-order valence-electron chi connectivity index (χ4n) is 4.12. The van der Waals surface area contributed by atoms with Gasteiger partial charge in [0.05, 0.1) is 11.4 Å². The highest BCUT2D eigenvalue weighted by Gasteiger charge is 2.15. The van der Waals surface area contributed by atoms with Crippen LogP contribution in [0.4, 0.5) is 0 Å². The van der Waals surface area contributed by atoms with Gasteiger partial charge in [0, 0.05) is 27.3 Å². The van der Waals surface area contributed by atoms with E-state index in [2.05, 4.69) is 78.9 Å². The van der Waals surface area contributed by atoms with Crippen molar-refractivity contribution in [2.24, 2.45) is 0 Å². The van der Waals surface area contributed by atoms with Crippen molar-refractivity contribution in [1.82, 2.24) is 4.98 Å². The lowest BCUT2D eigenvalue weighted by Crippen LogP contribution is -1.91. The molecule has 0 amide bonds. The van der Waals surface area contributed by atoms with Crippen LogP contribution in [0.15, 0.2) is 108 Å². The summed E-state index contributed by atoms with van der Waals surface area (Å²) >= 11 is 0. The van der Waals surface area contributed by atoms with Crippen LogP contribution in [0, 0.1) is 0 Å². The largest absolute Gasteiger partial charge is 0.456 e. The molecule has 0 aliphatic heterocycles. The maximum absolute atomic E-state index is 6.13. The summed E-state index contributed by atoms with van der Waals surface area (Å²) in [5, 5.41) is 4.59. The van der Waals surface area contributed by atoms with E-state index in [4.69, 9.17) is 9.40 Å². The zero-order valence-corrected chi connectivity index (χ0v) is 15.7. The molecule has 2 heterocycles. The Morgan fingerprint density at radius 1 is 0.517 bits per heavy atom. The van der Waals surface area contributed by atoms with E-state index in [9.17, 15) is 0 Å². The van der Waals surface area contributed by atoms with Crippen molar-refractivity contribution >= 4 is 32.7 Å². The lowest BCUT2D eigenvalue weighted by Gasteiger charge is -2.11. The minimum Gasteiger partial charge on any atom is -0.456 e. The maximum Gasteiger partial charge on any atom is 0.136 e. The van der Waals surface area contributed by atoms with Crippen molar-refractivity contribution < 1.29 is 4.42 Å². The normalized spacial score (nSPS) is 11.4. The average molecular weight is 371 g/mol. The lowest BCUT2D eigenvalue weighted by molar-refractivity contribution is 0.669. The number of hydrogen-bond acceptors (Lipinski definition) is 2. The molecule has 0 aliphatic carbocycles. The molecule has 6 aromatic rings. The van der Waals surface area contributed by atoms with Crippen LogP contribution in [0.3, 0.4) is 0 Å². The molecule has 0 fully saturated rings. The van der Waals surface area contributed by atoms with E-state index in [-0.39, 0.29) is 0 Å². The maximum atomic E-state index is 6.13. The summed E-state index contributed by atoms with van der Waals surface area (Å²) in [6, 6.07) is 35.4. The third kappa shape index (κ3) is 2.54. The third-order valence-electron chi connectivity index (χ3n) is 5.47. The van der Waals surface area contributed by atoms with Crippen LogP contribution in [-0.2, 0) is 0 Å². The SMILES string of the molecule is c1ccc(-c2cc3c(ccc4oc5ccccc5c43)c(-c3ccccc3)n2)cc1. The molecule has 6 rings (SSSR count). The number of aromatic nitrogens is 1. The van der Waals surface area contributed by atoms with E-state index in [1.807, 2.05) is 24.3 Å². The first kappa shape index (κ1) is 16.1. The molecule has 0 atom stereocenters. The van der Waals surface area contributed by atoms with Crippen molar-refractivity contribution in [3.63, 3.8) is 0 Å². The minimum absolute atomic E-state index is 0.905. The number of benzene rings is 4. The molecular formula is C27H17NO. The summed E-state index contributed by atoms with van der Waals surface area (Å²) in [7, 11) is 0. The molecule has 0 unspecified atom stereocenters. The van der Waals surface area contributed by atoms with E-state index in [1.165, 1.54) is 5.39 Å². The van der Waals surface area contributed by atoms with Crippen LogP contribution in [0.1, 0.15) is 0 Å². The molecule has 0 radical (unpaired) electrons. The second kappa shape index (κ2) is 6.32. The van der Waals surface area contributed by atoms with Crippen molar-refractivity contribution in [1.29, 1.82) is 0 Å². The first-order valence-electron chi connectivity index (χ1n) is 9.74. The Hall–Kier alpha value is -3.91. The molecular weight excluding hydrogens is 354 g/mol. The standard InChI is InChI=1S/C27H17NO/c1-3-9-18(10-4-1)23-17-22-20(27(28-23)19-11-5-2-6-12-19)15-16-25-26(22)21-13-7-8-14-24(21)29-25/h1-17H. The summed E-state index contributed by atoms with van der Waals surface area (Å²) in [4.78, 5) is 5.08. The fourth-order valence-corrected chi connectivity index (χ4v) is 4.12. The Bertz CT molecular complexity index is 1480. The molecule has 0 saturated heterocycles. The molecule has 2 nitrogen and oxygen atoms in total. The van der Waals surface area contributed by atoms with Crippen molar-refractivity contribution in [3.8, 4) is 22.5 Å². The number of rotatable bonds is 2. The molecule has 0 aliphatic rings. The van der Waals surface area contributed by atoms with Crippen LogP contribution in [-0.4, -0.2) is 4.98 Å². The second-order valence-electron chi connectivity index (χ2n) is 7.22. The van der Waals surface area contributed by atoms with Crippen LogP contribution in [0.5, 0.6) is 0 Å². The van der Waals surface area contributed by atoms with Crippen LogP contribution >= 0.6 is 0 Å². The van der Waals surface area contributed by atoms with Gasteiger partial charge in [0.1, 0.15) is 11.2 Å². The highest BCUT2D eigenvalue weighted by atomic mass is 16.3. The van der Waals surface area contributed by atoms with Crippen molar-refractivity contribution in [3.05, 3.63) is 103 Å². The zero-order chi connectivity index (χ0) is 19.2. The van der Waals surface area contributed by atoms with Crippen LogP contribution in [0.25, 0.3) is 55.2 Å². The summed E-state index contributed by atoms with van der Waals surface area (Å²) < 4.78 is 6.13. The Labute approximate surface area is 168 Å². The van der Waals surface area contributed by atoms with Crippen molar-refractivity contribution in [2.45, 2.75) is 0 Å². The highest BCUT2D eigenvalue weighted by Crippen LogP contribution is 2.39. The van der Waals surface area contributed by atoms with Gasteiger partial charge in [-0.2, -0.15) is 0 Å². The van der Waals surface area contributed by atoms with Gasteiger partial charge >= 0.3 is 0 Å². The van der Waals surface area contributed by atoms with Gasteiger partial charge in [0.15, 0.2) is 0 Å². The van der Waals surface area contributed by atoms with E-state index >= 15 is 0 Å². The van der Waals surface area contributed by atoms with Crippen LogP contribution in [0.2, 0.25) is 0 Å². The van der Waals surface area contributed by atoms with Gasteiger partial charge in [-0.15, -0.1) is 0 Å². The first-order valence-corrected chi connectivity index (χ1v) is 9.74. The van der Waals surface area contributed by atoms with Gasteiger partial charge in [-0.05, 0) is 29.7 Å². The molecule has 29 heavy (non-hydrogen) atoms. The molecule has 0 saturated carbocycles. The van der Waals surface area contributed by atoms with Gasteiger partial charge < -0.3 is 4.42 Å². The number of nitrogens with zero attached hydrogens (tertiary/aromatic N) is 1. The number of pyridine rings is 1. The molecule has 136 valence electrons. The number of furan rings is 1. The van der Waals surface area contributed by atoms with Gasteiger partial charge in [-0.25, -0.2) is 4.98 Å². The smallest absolute Gasteiger partial charge is 0.136 e. The predicted molar refractivity (Wildman–Crippen MR) is 120 cm³/mol. The van der Waals surface area contributed by atoms with E-state index in [0.29, 0.717) is 0 Å². The highest BCUT2D eigenvalue weighted by molar-refractivity contribution is 6.21. The molecule has 0 spiro atoms. The van der Waals surface area contributed by atoms with E-state index in [0.717, 1.165) is 49.8 Å². The number of para-hydroxylation sites is 1. The summed E-state index contributed by atoms with van der Waals surface area (Å²) in [5.74, 6) is 0. The van der Waals surface area contributed by atoms with E-state index in [1.54, 1.807) is 0 Å². The zero-order valence-electron chi connectivity index (χ0n) is 15.7. The Balaban J connectivity index is 1.80. The summed E-state index contributed by atoms with van der Waals surface area (Å²) in [5.41, 5.74) is 6.00. The predicted octanol–water partition coefficient (Wildman–Crippen LogP) is 7.47. The fraction of sp³-hybridized carbons (Fsp3) is 0. The molecule has 2 aromatic heterocycles. The van der Waals surface area contributed by atoms with Crippen LogP contribution < -0.4 is 0 Å². The third-order valence-corrected chi connectivity index (χ3v) is 5.47. The van der Waals surface area contributed by atoms with Gasteiger partial charge in [-0.1, -0.05) is 78.9 Å². The monoisotopic (exact) mass is 371 g/mol. The Morgan fingerprint density at radius 3 is 2.00 bits per heavy atom. The quantitative estimate of drug-likeness (QED) is 0.315. The second-order valence-corrected chi connectivity index (χ2v) is 7.22. The summed E-state index contributed by atoms with van der Waals surface area (Å²) in [6.45, 7) is 0. The Kier molecular flexibility index (Phi) is 3.50. The van der Waals surface area contributed by atoms with Gasteiger partial charge in [0.2, 0.25) is 0 Å². The Morgan fingerprint density at radius 2 is 1.21 bits per heavy atom. The average Bonchev–Trinajstić information content (AvgIpc) is 3.18. The molecule has 0 bridgehead atoms. The minimum atomic E-state index is 0.905. The van der Waals surface area contributed by atoms with Gasteiger partial charge in [-0.3, -0.25) is 0 Å². The molecule has 4 aromatic carbocycles. The number of hydrogen-bond donors (Lipinski definition) is 0. The molecule has 0 N–H and O–H groups in total. The first-order chi connectivity index (χ1) is 14.4. The van der Waals surface area contributed by atoms with Crippen molar-refractivity contribution in [2.75, 3.05) is 0 Å². The number of fused-ring (bicyclic) bond motifs is 5. The van der Waals surface area contributed by atoms with Gasteiger partial charge in [0.25, 0.3) is 0 Å². The van der Waals surface area contributed by atoms with E-state index < -0.39 is 0 Å². The summed E-state index contributed by atoms with van der Waals surface area (Å²) in [6.07, 6.45) is 0. The lowest BCUT2D eigenvalue weighted by atomic mass is 9.97. The molecule has 2 heteroatoms. The topological polar surface area (TPSA) is 26.0 Å².